The van der Waals surface area contributed by atoms with E-state index >= 15 is 0 Å². The quantitative estimate of drug-likeness (QED) is 0.405. The Morgan fingerprint density at radius 3 is 2.49 bits per heavy atom. The molecular weight excluding hydrogens is 512 g/mol. The van der Waals surface area contributed by atoms with Crippen LogP contribution in [0.25, 0.3) is 10.2 Å². The molecule has 0 saturated carbocycles. The van der Waals surface area contributed by atoms with Crippen molar-refractivity contribution in [1.82, 2.24) is 9.47 Å². The van der Waals surface area contributed by atoms with Gasteiger partial charge in [-0.05, 0) is 37.3 Å². The first-order valence-corrected chi connectivity index (χ1v) is 14.5. The first-order valence-electron chi connectivity index (χ1n) is 11.8. The van der Waals surface area contributed by atoms with Gasteiger partial charge in [0.1, 0.15) is 17.3 Å². The zero-order chi connectivity index (χ0) is 26.4. The molecule has 1 aromatic heterocycles. The Kier molecular flexibility index (Phi) is 8.31. The summed E-state index contributed by atoms with van der Waals surface area (Å²) in [6.45, 7) is 4.60. The van der Waals surface area contributed by atoms with Crippen LogP contribution in [0.3, 0.4) is 0 Å². The molecule has 1 aliphatic heterocycles. The van der Waals surface area contributed by atoms with Gasteiger partial charge in [-0.15, -0.1) is 6.42 Å². The van der Waals surface area contributed by atoms with E-state index in [9.17, 15) is 18.0 Å². The molecule has 0 N–H and O–H groups in total. The molecule has 0 aliphatic carbocycles. The number of thiazole rings is 1. The predicted octanol–water partition coefficient (Wildman–Crippen LogP) is 1.93. The third kappa shape index (κ3) is 6.58. The van der Waals surface area contributed by atoms with Crippen LogP contribution < -0.4 is 14.4 Å². The third-order valence-electron chi connectivity index (χ3n) is 5.88. The Balaban J connectivity index is 1.42. The number of piperazine rings is 1. The minimum atomic E-state index is -4.00. The molecule has 11 heteroatoms. The number of carbonyl (C=O) groups is 2. The van der Waals surface area contributed by atoms with Crippen molar-refractivity contribution in [3.8, 4) is 18.1 Å². The van der Waals surface area contributed by atoms with E-state index < -0.39 is 33.2 Å². The molecule has 4 rings (SSSR count). The molecule has 2 aromatic carbocycles. The molecule has 1 fully saturated rings. The summed E-state index contributed by atoms with van der Waals surface area (Å²) >= 11 is 1.22. The van der Waals surface area contributed by atoms with Crippen LogP contribution in [-0.4, -0.2) is 74.0 Å². The second kappa shape index (κ2) is 11.6. The second-order valence-electron chi connectivity index (χ2n) is 8.48. The number of fused-ring (bicyclic) bond motifs is 1. The summed E-state index contributed by atoms with van der Waals surface area (Å²) in [4.78, 5) is 33.3. The monoisotopic (exact) mass is 540 g/mol. The minimum absolute atomic E-state index is 0.167. The van der Waals surface area contributed by atoms with Crippen molar-refractivity contribution in [2.75, 3.05) is 49.2 Å². The Bertz CT molecular complexity index is 1500. The number of hydrogen-bond acceptors (Lipinski definition) is 7. The van der Waals surface area contributed by atoms with Crippen molar-refractivity contribution in [3.05, 3.63) is 53.3 Å². The minimum Gasteiger partial charge on any atom is -0.494 e. The van der Waals surface area contributed by atoms with Crippen molar-refractivity contribution < 1.29 is 22.7 Å². The molecule has 37 heavy (non-hydrogen) atoms. The maximum atomic E-state index is 12.7. The summed E-state index contributed by atoms with van der Waals surface area (Å²) in [6, 6.07) is 15.3. The number of terminal acetylenes is 1. The highest BCUT2D eigenvalue weighted by molar-refractivity contribution is 7.92. The third-order valence-corrected chi connectivity index (χ3v) is 8.29. The smallest absolute Gasteiger partial charge is 0.263 e. The average Bonchev–Trinajstić information content (AvgIpc) is 3.20. The zero-order valence-electron chi connectivity index (χ0n) is 20.5. The van der Waals surface area contributed by atoms with Gasteiger partial charge in [-0.25, -0.2) is 8.42 Å². The molecule has 3 aromatic rings. The summed E-state index contributed by atoms with van der Waals surface area (Å²) in [5, 5.41) is 0. The fourth-order valence-corrected chi connectivity index (χ4v) is 6.33. The molecule has 0 atom stereocenters. The Morgan fingerprint density at radius 2 is 1.81 bits per heavy atom. The second-order valence-corrected chi connectivity index (χ2v) is 11.6. The van der Waals surface area contributed by atoms with Crippen molar-refractivity contribution >= 4 is 48.9 Å². The van der Waals surface area contributed by atoms with Gasteiger partial charge in [-0.2, -0.15) is 4.99 Å². The van der Waals surface area contributed by atoms with E-state index in [1.165, 1.54) is 16.2 Å². The number of carbonyl (C=O) groups excluding carboxylic acids is 2. The topological polar surface area (TPSA) is 101 Å². The van der Waals surface area contributed by atoms with E-state index in [-0.39, 0.29) is 6.54 Å². The van der Waals surface area contributed by atoms with Crippen LogP contribution in [0.15, 0.2) is 53.5 Å². The summed E-state index contributed by atoms with van der Waals surface area (Å²) in [5.41, 5.74) is 1.83. The molecule has 0 spiro atoms. The molecule has 0 bridgehead atoms. The maximum absolute atomic E-state index is 12.7. The summed E-state index contributed by atoms with van der Waals surface area (Å²) < 4.78 is 33.4. The number of amides is 2. The lowest BCUT2D eigenvalue weighted by Crippen LogP contribution is -2.50. The molecule has 2 amide bonds. The Hall–Kier alpha value is -3.62. The van der Waals surface area contributed by atoms with E-state index in [1.54, 1.807) is 10.6 Å². The van der Waals surface area contributed by atoms with Crippen LogP contribution in [0.4, 0.5) is 5.69 Å². The molecule has 1 saturated heterocycles. The number of rotatable bonds is 8. The number of benzene rings is 2. The molecule has 0 unspecified atom stereocenters. The van der Waals surface area contributed by atoms with Crippen molar-refractivity contribution in [1.29, 1.82) is 0 Å². The van der Waals surface area contributed by atoms with Crippen LogP contribution in [0, 0.1) is 12.3 Å². The lowest BCUT2D eigenvalue weighted by atomic mass is 10.2. The lowest BCUT2D eigenvalue weighted by Gasteiger charge is -2.36. The van der Waals surface area contributed by atoms with Crippen LogP contribution in [0.2, 0.25) is 0 Å². The van der Waals surface area contributed by atoms with Gasteiger partial charge in [0.05, 0.1) is 23.4 Å². The van der Waals surface area contributed by atoms with Crippen molar-refractivity contribution in [2.24, 2.45) is 4.99 Å². The highest BCUT2D eigenvalue weighted by atomic mass is 32.2. The number of ether oxygens (including phenoxy) is 1. The van der Waals surface area contributed by atoms with E-state index in [2.05, 4.69) is 15.8 Å². The predicted molar refractivity (Wildman–Crippen MR) is 144 cm³/mol. The highest BCUT2D eigenvalue weighted by Gasteiger charge is 2.27. The van der Waals surface area contributed by atoms with Gasteiger partial charge in [-0.1, -0.05) is 35.5 Å². The van der Waals surface area contributed by atoms with Crippen LogP contribution >= 0.6 is 11.3 Å². The first kappa shape index (κ1) is 26.4. The molecule has 2 heterocycles. The number of aromatic nitrogens is 1. The van der Waals surface area contributed by atoms with Crippen molar-refractivity contribution in [2.45, 2.75) is 13.5 Å². The van der Waals surface area contributed by atoms with Crippen LogP contribution in [-0.2, 0) is 26.0 Å². The molecule has 194 valence electrons. The van der Waals surface area contributed by atoms with Crippen LogP contribution in [0.5, 0.6) is 5.75 Å². The van der Waals surface area contributed by atoms with Crippen LogP contribution in [0.1, 0.15) is 6.92 Å². The molecule has 1 aliphatic rings. The lowest BCUT2D eigenvalue weighted by molar-refractivity contribution is -0.128. The number of hydrogen-bond donors (Lipinski definition) is 0. The van der Waals surface area contributed by atoms with E-state index in [0.29, 0.717) is 43.3 Å². The first-order chi connectivity index (χ1) is 17.8. The van der Waals surface area contributed by atoms with Gasteiger partial charge >= 0.3 is 0 Å². The number of nitrogens with zero attached hydrogens (tertiary/aromatic N) is 4. The molecular formula is C26H28N4O5S2. The van der Waals surface area contributed by atoms with E-state index in [1.807, 2.05) is 49.4 Å². The Labute approximate surface area is 219 Å². The molecule has 0 radical (unpaired) electrons. The fraction of sp³-hybridized carbons (Fsp3) is 0.346. The normalized spacial score (nSPS) is 14.5. The summed E-state index contributed by atoms with van der Waals surface area (Å²) in [7, 11) is -4.00. The van der Waals surface area contributed by atoms with Gasteiger partial charge in [-0.3, -0.25) is 9.59 Å². The van der Waals surface area contributed by atoms with Gasteiger partial charge in [0.15, 0.2) is 14.6 Å². The zero-order valence-corrected chi connectivity index (χ0v) is 22.1. The summed E-state index contributed by atoms with van der Waals surface area (Å²) in [5.74, 6) is 0.281. The van der Waals surface area contributed by atoms with E-state index in [0.717, 1.165) is 15.9 Å². The average molecular weight is 541 g/mol. The fourth-order valence-electron chi connectivity index (χ4n) is 4.15. The SMILES string of the molecule is C#CCn1c(=NC(=O)CS(=O)(=O)CC(=O)N2CCN(c3ccccc3)CC2)sc2cc(OCC)ccc21. The Morgan fingerprint density at radius 1 is 1.08 bits per heavy atom. The maximum Gasteiger partial charge on any atom is 0.263 e. The van der Waals surface area contributed by atoms with Gasteiger partial charge in [0.2, 0.25) is 5.91 Å². The standard InChI is InChI=1S/C26H28N4O5S2/c1-3-12-30-22-11-10-21(35-4-2)17-23(22)36-26(30)27-24(31)18-37(33,34)19-25(32)29-15-13-28(14-16-29)20-8-6-5-7-9-20/h1,5-11,17H,4,12-16,18-19H2,2H3. The van der Waals surface area contributed by atoms with Gasteiger partial charge in [0, 0.05) is 31.9 Å². The number of para-hydroxylation sites is 1. The highest BCUT2D eigenvalue weighted by Crippen LogP contribution is 2.23. The van der Waals surface area contributed by atoms with Gasteiger partial charge in [0.25, 0.3) is 5.91 Å². The number of anilines is 1. The summed E-state index contributed by atoms with van der Waals surface area (Å²) in [6.07, 6.45) is 5.50. The molecule has 9 nitrogen and oxygen atoms in total. The largest absolute Gasteiger partial charge is 0.494 e. The number of sulfone groups is 1. The van der Waals surface area contributed by atoms with Gasteiger partial charge < -0.3 is 19.1 Å². The van der Waals surface area contributed by atoms with E-state index in [4.69, 9.17) is 11.2 Å². The van der Waals surface area contributed by atoms with Crippen molar-refractivity contribution in [3.63, 3.8) is 0 Å².